The molecule has 0 amide bonds. The highest BCUT2D eigenvalue weighted by Crippen LogP contribution is 2.25. The molecule has 3 aromatic rings. The van der Waals surface area contributed by atoms with Crippen LogP contribution in [0, 0.1) is 0 Å². The standard InChI is InChI=1S/C19H21NO/c1-13(2)20-12-19(21)17-8-7-16-9-14-5-3-4-6-15(14)10-18(16)11-17/h3-11,13,19-21H,12H2,1-2H3/t19-/m0/s1. The van der Waals surface area contributed by atoms with Crippen molar-refractivity contribution in [2.45, 2.75) is 26.0 Å². The van der Waals surface area contributed by atoms with Crippen molar-refractivity contribution in [3.05, 3.63) is 60.2 Å². The third-order valence-corrected chi connectivity index (χ3v) is 3.83. The molecule has 0 aliphatic heterocycles. The zero-order chi connectivity index (χ0) is 14.8. The number of hydrogen-bond donors (Lipinski definition) is 2. The van der Waals surface area contributed by atoms with Gasteiger partial charge in [0.1, 0.15) is 0 Å². The average molecular weight is 279 g/mol. The van der Waals surface area contributed by atoms with Crippen LogP contribution in [0.1, 0.15) is 25.5 Å². The summed E-state index contributed by atoms with van der Waals surface area (Å²) in [7, 11) is 0. The fraction of sp³-hybridized carbons (Fsp3) is 0.263. The Bertz CT molecular complexity index is 764. The average Bonchev–Trinajstić information content (AvgIpc) is 2.50. The first-order valence-corrected chi connectivity index (χ1v) is 7.47. The molecule has 3 rings (SSSR count). The Hall–Kier alpha value is -1.90. The van der Waals surface area contributed by atoms with Gasteiger partial charge in [-0.05, 0) is 45.3 Å². The summed E-state index contributed by atoms with van der Waals surface area (Å²) in [6.07, 6.45) is -0.469. The van der Waals surface area contributed by atoms with Crippen LogP contribution in [0.4, 0.5) is 0 Å². The lowest BCUT2D eigenvalue weighted by Crippen LogP contribution is -2.27. The third kappa shape index (κ3) is 3.07. The zero-order valence-corrected chi connectivity index (χ0v) is 12.5. The minimum Gasteiger partial charge on any atom is -0.387 e. The smallest absolute Gasteiger partial charge is 0.0914 e. The molecule has 0 fully saturated rings. The highest BCUT2D eigenvalue weighted by molar-refractivity contribution is 5.98. The third-order valence-electron chi connectivity index (χ3n) is 3.83. The van der Waals surface area contributed by atoms with E-state index in [1.807, 2.05) is 6.07 Å². The summed E-state index contributed by atoms with van der Waals surface area (Å²) in [5.74, 6) is 0. The summed E-state index contributed by atoms with van der Waals surface area (Å²) in [5, 5.41) is 18.4. The fourth-order valence-corrected chi connectivity index (χ4v) is 2.63. The number of benzene rings is 3. The van der Waals surface area contributed by atoms with Crippen molar-refractivity contribution < 1.29 is 5.11 Å². The SMILES string of the molecule is CC(C)NC[C@H](O)c1ccc2cc3ccccc3cc2c1. The first kappa shape index (κ1) is 14.1. The molecule has 0 unspecified atom stereocenters. The molecule has 1 atom stereocenters. The Balaban J connectivity index is 1.97. The number of rotatable bonds is 4. The number of fused-ring (bicyclic) bond motifs is 2. The number of aliphatic hydroxyl groups excluding tert-OH is 1. The minimum absolute atomic E-state index is 0.379. The maximum Gasteiger partial charge on any atom is 0.0914 e. The normalized spacial score (nSPS) is 13.1. The summed E-state index contributed by atoms with van der Waals surface area (Å²) in [4.78, 5) is 0. The summed E-state index contributed by atoms with van der Waals surface area (Å²) in [5.41, 5.74) is 0.964. The molecule has 3 aromatic carbocycles. The maximum absolute atomic E-state index is 10.3. The number of hydrogen-bond acceptors (Lipinski definition) is 2. The van der Waals surface area contributed by atoms with Crippen LogP contribution in [-0.2, 0) is 0 Å². The van der Waals surface area contributed by atoms with Crippen molar-refractivity contribution >= 4 is 21.5 Å². The molecule has 2 nitrogen and oxygen atoms in total. The van der Waals surface area contributed by atoms with E-state index in [1.165, 1.54) is 21.5 Å². The Kier molecular flexibility index (Phi) is 3.91. The molecular weight excluding hydrogens is 258 g/mol. The van der Waals surface area contributed by atoms with Crippen molar-refractivity contribution in [3.63, 3.8) is 0 Å². The molecule has 0 saturated carbocycles. The molecule has 108 valence electrons. The molecule has 2 N–H and O–H groups in total. The van der Waals surface area contributed by atoms with Gasteiger partial charge in [-0.15, -0.1) is 0 Å². The number of aliphatic hydroxyl groups is 1. The molecule has 0 aliphatic carbocycles. The molecule has 0 heterocycles. The van der Waals surface area contributed by atoms with Crippen molar-refractivity contribution in [2.24, 2.45) is 0 Å². The van der Waals surface area contributed by atoms with Gasteiger partial charge in [0.15, 0.2) is 0 Å². The first-order chi connectivity index (χ1) is 10.1. The van der Waals surface area contributed by atoms with Gasteiger partial charge in [-0.3, -0.25) is 0 Å². The van der Waals surface area contributed by atoms with Crippen LogP contribution in [0.2, 0.25) is 0 Å². The topological polar surface area (TPSA) is 32.3 Å². The van der Waals surface area contributed by atoms with Gasteiger partial charge in [-0.25, -0.2) is 0 Å². The lowest BCUT2D eigenvalue weighted by molar-refractivity contribution is 0.172. The van der Waals surface area contributed by atoms with Crippen molar-refractivity contribution in [2.75, 3.05) is 6.54 Å². The summed E-state index contributed by atoms with van der Waals surface area (Å²) >= 11 is 0. The van der Waals surface area contributed by atoms with Crippen LogP contribution in [0.3, 0.4) is 0 Å². The number of nitrogens with one attached hydrogen (secondary N) is 1. The Morgan fingerprint density at radius 2 is 1.48 bits per heavy atom. The monoisotopic (exact) mass is 279 g/mol. The van der Waals surface area contributed by atoms with E-state index in [2.05, 4.69) is 67.7 Å². The summed E-state index contributed by atoms with van der Waals surface area (Å²) in [6, 6.07) is 19.3. The molecule has 0 radical (unpaired) electrons. The van der Waals surface area contributed by atoms with Crippen LogP contribution in [0.5, 0.6) is 0 Å². The van der Waals surface area contributed by atoms with Crippen molar-refractivity contribution in [1.29, 1.82) is 0 Å². The highest BCUT2D eigenvalue weighted by Gasteiger charge is 2.09. The molecule has 0 saturated heterocycles. The van der Waals surface area contributed by atoms with E-state index in [0.717, 1.165) is 5.56 Å². The maximum atomic E-state index is 10.3. The van der Waals surface area contributed by atoms with E-state index < -0.39 is 6.10 Å². The van der Waals surface area contributed by atoms with Crippen LogP contribution < -0.4 is 5.32 Å². The van der Waals surface area contributed by atoms with Gasteiger partial charge in [0.25, 0.3) is 0 Å². The van der Waals surface area contributed by atoms with Gasteiger partial charge in [-0.1, -0.05) is 50.2 Å². The van der Waals surface area contributed by atoms with E-state index in [1.54, 1.807) is 0 Å². The molecule has 21 heavy (non-hydrogen) atoms. The highest BCUT2D eigenvalue weighted by atomic mass is 16.3. The summed E-state index contributed by atoms with van der Waals surface area (Å²) < 4.78 is 0. The molecule has 0 aromatic heterocycles. The lowest BCUT2D eigenvalue weighted by Gasteiger charge is -2.15. The van der Waals surface area contributed by atoms with Gasteiger partial charge < -0.3 is 10.4 Å². The van der Waals surface area contributed by atoms with Crippen LogP contribution in [0.25, 0.3) is 21.5 Å². The van der Waals surface area contributed by atoms with E-state index in [-0.39, 0.29) is 0 Å². The Morgan fingerprint density at radius 1 is 0.857 bits per heavy atom. The summed E-state index contributed by atoms with van der Waals surface area (Å²) in [6.45, 7) is 4.75. The van der Waals surface area contributed by atoms with Crippen LogP contribution >= 0.6 is 0 Å². The molecule has 0 aliphatic rings. The zero-order valence-electron chi connectivity index (χ0n) is 12.5. The largest absolute Gasteiger partial charge is 0.387 e. The molecular formula is C19H21NO. The van der Waals surface area contributed by atoms with Gasteiger partial charge in [0.05, 0.1) is 6.10 Å². The second-order valence-corrected chi connectivity index (χ2v) is 5.88. The minimum atomic E-state index is -0.469. The van der Waals surface area contributed by atoms with Gasteiger partial charge in [0.2, 0.25) is 0 Å². The molecule has 0 bridgehead atoms. The van der Waals surface area contributed by atoms with Gasteiger partial charge >= 0.3 is 0 Å². The van der Waals surface area contributed by atoms with E-state index in [9.17, 15) is 5.11 Å². The van der Waals surface area contributed by atoms with Gasteiger partial charge in [0, 0.05) is 12.6 Å². The fourth-order valence-electron chi connectivity index (χ4n) is 2.63. The molecule has 0 spiro atoms. The van der Waals surface area contributed by atoms with Crippen molar-refractivity contribution in [1.82, 2.24) is 5.32 Å². The molecule has 2 heteroatoms. The second kappa shape index (κ2) is 5.84. The van der Waals surface area contributed by atoms with Gasteiger partial charge in [-0.2, -0.15) is 0 Å². The van der Waals surface area contributed by atoms with E-state index in [4.69, 9.17) is 0 Å². The second-order valence-electron chi connectivity index (χ2n) is 5.88. The Morgan fingerprint density at radius 3 is 2.14 bits per heavy atom. The lowest BCUT2D eigenvalue weighted by atomic mass is 10.00. The van der Waals surface area contributed by atoms with Crippen LogP contribution in [0.15, 0.2) is 54.6 Å². The van der Waals surface area contributed by atoms with E-state index in [0.29, 0.717) is 12.6 Å². The predicted molar refractivity (Wildman–Crippen MR) is 89.6 cm³/mol. The Labute approximate surface area is 125 Å². The predicted octanol–water partition coefficient (Wildman–Crippen LogP) is 4.02. The van der Waals surface area contributed by atoms with Crippen LogP contribution in [-0.4, -0.2) is 17.7 Å². The van der Waals surface area contributed by atoms with E-state index >= 15 is 0 Å². The quantitative estimate of drug-likeness (QED) is 0.707. The first-order valence-electron chi connectivity index (χ1n) is 7.47. The van der Waals surface area contributed by atoms with Crippen molar-refractivity contribution in [3.8, 4) is 0 Å².